The minimum absolute atomic E-state index is 0.0777. The van der Waals surface area contributed by atoms with E-state index in [9.17, 15) is 0 Å². The van der Waals surface area contributed by atoms with E-state index in [0.717, 1.165) is 17.9 Å². The largest absolute Gasteiger partial charge is 0.491 e. The van der Waals surface area contributed by atoms with Gasteiger partial charge in [0.1, 0.15) is 5.75 Å². The van der Waals surface area contributed by atoms with Crippen LogP contribution in [0.3, 0.4) is 0 Å². The van der Waals surface area contributed by atoms with Crippen molar-refractivity contribution < 1.29 is 4.74 Å². The van der Waals surface area contributed by atoms with Crippen LogP contribution in [0.1, 0.15) is 46.6 Å². The summed E-state index contributed by atoms with van der Waals surface area (Å²) in [6.45, 7) is 10.7. The van der Waals surface area contributed by atoms with Gasteiger partial charge in [-0.15, -0.1) is 0 Å². The zero-order valence-corrected chi connectivity index (χ0v) is 17.2. The van der Waals surface area contributed by atoms with E-state index in [1.54, 1.807) is 0 Å². The topological polar surface area (TPSA) is 33.3 Å². The fraction of sp³-hybridized carbons (Fsp3) is 0.409. The second-order valence-electron chi connectivity index (χ2n) is 7.65. The lowest BCUT2D eigenvalue weighted by Crippen LogP contribution is -2.39. The lowest BCUT2D eigenvalue weighted by Gasteiger charge is -2.29. The number of nitrogens with one attached hydrogen (secondary N) is 2. The van der Waals surface area contributed by atoms with Gasteiger partial charge in [0.05, 0.1) is 6.10 Å². The van der Waals surface area contributed by atoms with Crippen LogP contribution in [-0.4, -0.2) is 17.3 Å². The maximum absolute atomic E-state index is 5.73. The van der Waals surface area contributed by atoms with Crippen molar-refractivity contribution in [3.8, 4) is 5.75 Å². The number of benzene rings is 2. The Morgan fingerprint density at radius 3 is 2.38 bits per heavy atom. The highest BCUT2D eigenvalue weighted by atomic mass is 32.1. The summed E-state index contributed by atoms with van der Waals surface area (Å²) in [6, 6.07) is 18.7. The van der Waals surface area contributed by atoms with Gasteiger partial charge in [-0.2, -0.15) is 0 Å². The molecule has 0 aliphatic heterocycles. The van der Waals surface area contributed by atoms with Crippen molar-refractivity contribution in [2.45, 2.75) is 58.6 Å². The van der Waals surface area contributed by atoms with Crippen LogP contribution in [0.25, 0.3) is 0 Å². The smallest absolute Gasteiger partial charge is 0.170 e. The third-order valence-electron chi connectivity index (χ3n) is 4.21. The summed E-state index contributed by atoms with van der Waals surface area (Å²) in [5.74, 6) is 0.839. The second kappa shape index (κ2) is 9.04. The maximum atomic E-state index is 5.73. The van der Waals surface area contributed by atoms with Crippen molar-refractivity contribution in [2.24, 2.45) is 0 Å². The highest BCUT2D eigenvalue weighted by Crippen LogP contribution is 2.28. The van der Waals surface area contributed by atoms with E-state index in [1.165, 1.54) is 5.56 Å². The predicted molar refractivity (Wildman–Crippen MR) is 115 cm³/mol. The van der Waals surface area contributed by atoms with E-state index in [2.05, 4.69) is 61.7 Å². The van der Waals surface area contributed by atoms with Crippen molar-refractivity contribution in [3.63, 3.8) is 0 Å². The van der Waals surface area contributed by atoms with Crippen LogP contribution >= 0.6 is 12.2 Å². The monoisotopic (exact) mass is 370 g/mol. The molecule has 0 heterocycles. The fourth-order valence-corrected chi connectivity index (χ4v) is 3.45. The molecule has 0 fully saturated rings. The summed E-state index contributed by atoms with van der Waals surface area (Å²) < 4.78 is 5.73. The Morgan fingerprint density at radius 1 is 1.04 bits per heavy atom. The predicted octanol–water partition coefficient (Wildman–Crippen LogP) is 5.52. The van der Waals surface area contributed by atoms with E-state index in [1.807, 2.05) is 38.1 Å². The van der Waals surface area contributed by atoms with Gasteiger partial charge in [0.15, 0.2) is 5.11 Å². The van der Waals surface area contributed by atoms with E-state index >= 15 is 0 Å². The van der Waals surface area contributed by atoms with Crippen LogP contribution in [-0.2, 0) is 5.41 Å². The molecule has 0 bridgehead atoms. The molecule has 0 spiro atoms. The first-order chi connectivity index (χ1) is 12.3. The van der Waals surface area contributed by atoms with E-state index < -0.39 is 0 Å². The number of rotatable bonds is 7. The third-order valence-corrected chi connectivity index (χ3v) is 4.43. The number of hydrogen-bond donors (Lipinski definition) is 2. The molecule has 0 aromatic heterocycles. The molecule has 0 aliphatic rings. The van der Waals surface area contributed by atoms with Gasteiger partial charge in [0, 0.05) is 17.8 Å². The molecule has 2 aromatic rings. The minimum Gasteiger partial charge on any atom is -0.491 e. The van der Waals surface area contributed by atoms with Crippen molar-refractivity contribution >= 4 is 23.0 Å². The minimum atomic E-state index is 0.0777. The summed E-state index contributed by atoms with van der Waals surface area (Å²) in [5, 5.41) is 7.27. The van der Waals surface area contributed by atoms with Gasteiger partial charge in [-0.3, -0.25) is 0 Å². The molecule has 0 saturated carbocycles. The highest BCUT2D eigenvalue weighted by molar-refractivity contribution is 7.80. The lowest BCUT2D eigenvalue weighted by atomic mass is 9.79. The zero-order valence-electron chi connectivity index (χ0n) is 16.4. The molecule has 2 rings (SSSR count). The van der Waals surface area contributed by atoms with Crippen LogP contribution in [0, 0.1) is 0 Å². The molecule has 4 heteroatoms. The average Bonchev–Trinajstić information content (AvgIpc) is 2.54. The standard InChI is InChI=1S/C22H30N2OS/c1-16(2)25-20-13-9-12-19(14-20)24-21(26)23-17(3)15-22(4,5)18-10-7-6-8-11-18/h6-14,16-17H,15H2,1-5H3,(H2,23,24,26). The van der Waals surface area contributed by atoms with Gasteiger partial charge in [0.2, 0.25) is 0 Å². The lowest BCUT2D eigenvalue weighted by molar-refractivity contribution is 0.242. The SMILES string of the molecule is CC(CC(C)(C)c1ccccc1)NC(=S)Nc1cccc(OC(C)C)c1. The number of ether oxygens (including phenoxy) is 1. The molecule has 0 radical (unpaired) electrons. The first kappa shape index (κ1) is 20.2. The second-order valence-corrected chi connectivity index (χ2v) is 8.06. The molecule has 0 saturated heterocycles. The molecule has 1 atom stereocenters. The van der Waals surface area contributed by atoms with Crippen molar-refractivity contribution in [3.05, 3.63) is 60.2 Å². The quantitative estimate of drug-likeness (QED) is 0.629. The van der Waals surface area contributed by atoms with Gasteiger partial charge in [-0.05, 0) is 62.5 Å². The van der Waals surface area contributed by atoms with Gasteiger partial charge in [-0.25, -0.2) is 0 Å². The molecule has 0 amide bonds. The van der Waals surface area contributed by atoms with Crippen molar-refractivity contribution in [1.82, 2.24) is 5.32 Å². The molecule has 140 valence electrons. The van der Waals surface area contributed by atoms with Crippen LogP contribution in [0.4, 0.5) is 5.69 Å². The zero-order chi connectivity index (χ0) is 19.2. The van der Waals surface area contributed by atoms with Gasteiger partial charge in [0.25, 0.3) is 0 Å². The molecule has 2 aromatic carbocycles. The summed E-state index contributed by atoms with van der Waals surface area (Å²) in [4.78, 5) is 0. The van der Waals surface area contributed by atoms with Crippen LogP contribution in [0.15, 0.2) is 54.6 Å². The number of anilines is 1. The maximum Gasteiger partial charge on any atom is 0.170 e. The fourth-order valence-electron chi connectivity index (χ4n) is 3.13. The van der Waals surface area contributed by atoms with E-state index in [-0.39, 0.29) is 17.6 Å². The highest BCUT2D eigenvalue weighted by Gasteiger charge is 2.23. The first-order valence-electron chi connectivity index (χ1n) is 9.16. The Kier molecular flexibility index (Phi) is 7.04. The first-order valence-corrected chi connectivity index (χ1v) is 9.57. The summed E-state index contributed by atoms with van der Waals surface area (Å²) in [6.07, 6.45) is 1.13. The van der Waals surface area contributed by atoms with Crippen molar-refractivity contribution in [2.75, 3.05) is 5.32 Å². The Morgan fingerprint density at radius 2 is 1.73 bits per heavy atom. The Balaban J connectivity index is 1.91. The van der Waals surface area contributed by atoms with Gasteiger partial charge >= 0.3 is 0 Å². The van der Waals surface area contributed by atoms with E-state index in [4.69, 9.17) is 17.0 Å². The molecule has 26 heavy (non-hydrogen) atoms. The summed E-state index contributed by atoms with van der Waals surface area (Å²) in [7, 11) is 0. The molecular weight excluding hydrogens is 340 g/mol. The molecule has 0 aliphatic carbocycles. The van der Waals surface area contributed by atoms with Crippen LogP contribution in [0.5, 0.6) is 5.75 Å². The Bertz CT molecular complexity index is 713. The summed E-state index contributed by atoms with van der Waals surface area (Å²) in [5.41, 5.74) is 2.34. The molecule has 3 nitrogen and oxygen atoms in total. The summed E-state index contributed by atoms with van der Waals surface area (Å²) >= 11 is 5.49. The van der Waals surface area contributed by atoms with Crippen molar-refractivity contribution in [1.29, 1.82) is 0 Å². The van der Waals surface area contributed by atoms with E-state index in [0.29, 0.717) is 5.11 Å². The number of hydrogen-bond acceptors (Lipinski definition) is 2. The number of thiocarbonyl (C=S) groups is 1. The molecule has 1 unspecified atom stereocenters. The Hall–Kier alpha value is -2.07. The van der Waals surface area contributed by atoms with Crippen LogP contribution < -0.4 is 15.4 Å². The normalized spacial score (nSPS) is 12.5. The Labute approximate surface area is 163 Å². The van der Waals surface area contributed by atoms with Gasteiger partial charge < -0.3 is 15.4 Å². The third kappa shape index (κ3) is 6.34. The average molecular weight is 371 g/mol. The van der Waals surface area contributed by atoms with Crippen LogP contribution in [0.2, 0.25) is 0 Å². The molecular formula is C22H30N2OS. The molecule has 2 N–H and O–H groups in total. The van der Waals surface area contributed by atoms with Gasteiger partial charge in [-0.1, -0.05) is 50.2 Å².